The summed E-state index contributed by atoms with van der Waals surface area (Å²) in [6.07, 6.45) is -0.427. The molecule has 0 atom stereocenters. The number of halogens is 40. The number of rotatable bonds is 14. The molecule has 9 aromatic rings. The molecule has 44 heteroatoms. The second-order valence-corrected chi connectivity index (χ2v) is 22.8. The molecule has 0 saturated heterocycles. The zero-order valence-corrected chi connectivity index (χ0v) is 57.4. The molecule has 0 heterocycles. The molecule has 9 rings (SSSR count). The van der Waals surface area contributed by atoms with Gasteiger partial charge in [-0.15, -0.1) is 0 Å². The van der Waals surface area contributed by atoms with Crippen molar-refractivity contribution in [2.45, 2.75) is 91.5 Å². The van der Waals surface area contributed by atoms with Crippen LogP contribution in [0.1, 0.15) is 68.2 Å². The van der Waals surface area contributed by atoms with E-state index in [9.17, 15) is 176 Å². The monoisotopic (exact) mass is 1700 g/mol. The van der Waals surface area contributed by atoms with Crippen LogP contribution in [-0.2, 0) is 3.80 Å². The third-order valence-electron chi connectivity index (χ3n) is 15.3. The topological polar surface area (TPSA) is 40.5 Å². The standard InChI is InChI=1S/C17H21F8N.4C13H4F8.Al.H2O.O/c1-3-5-6-7-11-15(20,21)16(22,23)17(24,25)26(4-2)13-10-8-9-12(18)14(13)19;4*1-3-2-4(7(15)10(18)6(3)14)5-8(16)11(19)13(21)12(20)9(5)17;;;/h8-10H,3-7,11H2,1-2H3;4*2H,1H3;;1H2;/q;;;;;+1;;/p-1. The van der Waals surface area contributed by atoms with Crippen LogP contribution >= 0.6 is 0 Å². The number of unbranched alkanes of at least 4 members (excludes halogenated alkanes) is 3. The van der Waals surface area contributed by atoms with E-state index in [0.29, 0.717) is 49.2 Å². The molecule has 1 N–H and O–H groups in total. The summed E-state index contributed by atoms with van der Waals surface area (Å²) in [4.78, 5) is -0.536. The predicted octanol–water partition coefficient (Wildman–Crippen LogP) is 24.7. The Morgan fingerprint density at radius 1 is 0.301 bits per heavy atom. The Morgan fingerprint density at radius 2 is 0.513 bits per heavy atom. The molecular formula is C69H38AlF40NO2. The Balaban J connectivity index is 0.000000295. The molecule has 0 radical (unpaired) electrons. The fourth-order valence-corrected chi connectivity index (χ4v) is 9.56. The predicted molar refractivity (Wildman–Crippen MR) is 317 cm³/mol. The minimum absolute atomic E-state index is 0.198. The Hall–Kier alpha value is -9.89. The Morgan fingerprint density at radius 3 is 0.726 bits per heavy atom. The van der Waals surface area contributed by atoms with E-state index >= 15 is 0 Å². The number of alkyl halides is 6. The van der Waals surface area contributed by atoms with Crippen molar-refractivity contribution in [3.05, 3.63) is 263 Å². The summed E-state index contributed by atoms with van der Waals surface area (Å²) >= 11 is -1.50. The van der Waals surface area contributed by atoms with Crippen LogP contribution in [0.5, 0.6) is 0 Å². The molecule has 0 unspecified atom stereocenters. The van der Waals surface area contributed by atoms with Crippen molar-refractivity contribution >= 4 is 21.2 Å². The van der Waals surface area contributed by atoms with Crippen molar-refractivity contribution in [3.8, 4) is 44.5 Å². The minimum atomic E-state index is -5.78. The summed E-state index contributed by atoms with van der Waals surface area (Å²) in [7, 11) is 0. The molecule has 614 valence electrons. The molecule has 0 spiro atoms. The Kier molecular flexibility index (Phi) is 32.0. The summed E-state index contributed by atoms with van der Waals surface area (Å²) in [6, 6.07) is -1.56. The molecular weight excluding hydrogens is 1660 g/mol. The third kappa shape index (κ3) is 18.8. The number of hydrogen-bond donors (Lipinski definition) is 1. The molecule has 113 heavy (non-hydrogen) atoms. The molecule has 0 bridgehead atoms. The molecule has 0 aromatic heterocycles. The van der Waals surface area contributed by atoms with E-state index in [1.165, 1.54) is 0 Å². The van der Waals surface area contributed by atoms with Crippen molar-refractivity contribution in [2.75, 3.05) is 11.4 Å². The van der Waals surface area contributed by atoms with Gasteiger partial charge in [0, 0.05) is 35.2 Å². The van der Waals surface area contributed by atoms with Gasteiger partial charge in [-0.3, -0.25) is 0 Å². The summed E-state index contributed by atoms with van der Waals surface area (Å²) in [5.41, 5.74) is -15.2. The first-order valence-electron chi connectivity index (χ1n) is 30.1. The van der Waals surface area contributed by atoms with Crippen molar-refractivity contribution in [1.82, 2.24) is 0 Å². The van der Waals surface area contributed by atoms with Crippen molar-refractivity contribution in [3.63, 3.8) is 0 Å². The number of benzene rings is 9. The molecule has 0 aliphatic heterocycles. The van der Waals surface area contributed by atoms with Gasteiger partial charge in [0.25, 0.3) is 0 Å². The van der Waals surface area contributed by atoms with Gasteiger partial charge in [-0.25, -0.2) is 149 Å². The Bertz CT molecular complexity index is 4480. The van der Waals surface area contributed by atoms with Gasteiger partial charge in [0.2, 0.25) is 23.3 Å². The van der Waals surface area contributed by atoms with Crippen molar-refractivity contribution < 1.29 is 184 Å². The van der Waals surface area contributed by atoms with Gasteiger partial charge in [-0.05, 0) is 99.7 Å². The van der Waals surface area contributed by atoms with E-state index in [1.807, 2.05) is 0 Å². The molecule has 0 saturated carbocycles. The zero-order chi connectivity index (χ0) is 87.1. The van der Waals surface area contributed by atoms with Crippen molar-refractivity contribution in [1.29, 1.82) is 0 Å². The first-order chi connectivity index (χ1) is 52.1. The van der Waals surface area contributed by atoms with Gasteiger partial charge in [-0.2, -0.15) is 26.3 Å². The number of aryl methyl sites for hydroxylation is 4. The van der Waals surface area contributed by atoms with Crippen LogP contribution in [0.4, 0.5) is 181 Å². The maximum atomic E-state index is 14.3. The average molecular weight is 1700 g/mol. The second-order valence-electron chi connectivity index (χ2n) is 22.6. The van der Waals surface area contributed by atoms with Crippen LogP contribution in [0.3, 0.4) is 0 Å². The quantitative estimate of drug-likeness (QED) is 0.0295. The van der Waals surface area contributed by atoms with Gasteiger partial charge in [0.1, 0.15) is 0 Å². The zero-order valence-electron chi connectivity index (χ0n) is 56.3. The first kappa shape index (κ1) is 95.5. The van der Waals surface area contributed by atoms with Crippen LogP contribution in [0.2, 0.25) is 0 Å². The van der Waals surface area contributed by atoms with Gasteiger partial charge in [0.15, 0.2) is 175 Å². The van der Waals surface area contributed by atoms with E-state index in [2.05, 4.69) is 0 Å². The van der Waals surface area contributed by atoms with E-state index in [-0.39, 0.29) is 12.8 Å². The molecule has 0 aliphatic carbocycles. The maximum absolute atomic E-state index is 14.3. The summed E-state index contributed by atoms with van der Waals surface area (Å²) in [5, 5.41) is 0. The van der Waals surface area contributed by atoms with Gasteiger partial charge >= 0.3 is 41.3 Å². The summed E-state index contributed by atoms with van der Waals surface area (Å²) < 4.78 is 551. The van der Waals surface area contributed by atoms with E-state index in [0.717, 1.165) is 40.7 Å². The van der Waals surface area contributed by atoms with Gasteiger partial charge in [-0.1, -0.05) is 32.3 Å². The van der Waals surface area contributed by atoms with Crippen LogP contribution in [0.15, 0.2) is 42.5 Å². The van der Waals surface area contributed by atoms with Gasteiger partial charge in [0.05, 0.1) is 27.9 Å². The summed E-state index contributed by atoms with van der Waals surface area (Å²) in [6.45, 7) is 5.54. The Labute approximate surface area is 613 Å². The average Bonchev–Trinajstić information content (AvgIpc) is 0.761. The molecule has 3 nitrogen and oxygen atoms in total. The van der Waals surface area contributed by atoms with Crippen LogP contribution in [0, 0.1) is 225 Å². The van der Waals surface area contributed by atoms with Gasteiger partial charge < -0.3 is 4.90 Å². The van der Waals surface area contributed by atoms with Crippen LogP contribution in [0.25, 0.3) is 44.5 Å². The van der Waals surface area contributed by atoms with Crippen LogP contribution < -0.4 is 4.90 Å². The van der Waals surface area contributed by atoms with E-state index < -0.39 is 321 Å². The SMILES string of the molecule is CCCCCCC(F)(F)C(F)(F)C(F)(F)N(CC)c1cccc(F)c1F.Cc1cc(-c2c(F)c(F)c(F)c(F)c2F)c(F)c(F)c1F.Cc1cc(-c2c(F)c(F)c(F)c(F)c2F)c(F)c(F)c1F.Cc1cc(-c2c(F)c(F)c(F)c(F)c2F)c(F)c(F)c1F.Cc1cc(-c2c(F)c(F)c(F)c(F)c2F)c(F)c(F)c1F.[O]=[Al][OH]. The third-order valence-corrected chi connectivity index (χ3v) is 15.3. The van der Waals surface area contributed by atoms with E-state index in [1.54, 1.807) is 6.92 Å². The normalized spacial score (nSPS) is 11.3. The molecule has 0 aliphatic rings. The molecule has 0 fully saturated rings. The first-order valence-corrected chi connectivity index (χ1v) is 31.1. The molecule has 9 aromatic carbocycles. The van der Waals surface area contributed by atoms with Crippen molar-refractivity contribution in [2.24, 2.45) is 0 Å². The van der Waals surface area contributed by atoms with Crippen LogP contribution in [-0.4, -0.2) is 44.1 Å². The second kappa shape index (κ2) is 37.8. The molecule has 0 amide bonds. The number of hydrogen-bond acceptors (Lipinski definition) is 2. The van der Waals surface area contributed by atoms with E-state index in [4.69, 9.17) is 7.96 Å². The number of anilines is 1. The number of nitrogens with zero attached hydrogens (tertiary/aromatic N) is 1. The summed E-state index contributed by atoms with van der Waals surface area (Å²) in [5.74, 6) is -84.1. The fourth-order valence-electron chi connectivity index (χ4n) is 9.56. The fraction of sp³-hybridized carbons (Fsp3) is 0.217.